The summed E-state index contributed by atoms with van der Waals surface area (Å²) in [6.45, 7) is 2.23. The van der Waals surface area contributed by atoms with Crippen LogP contribution in [0, 0.1) is 5.92 Å². The fourth-order valence-electron chi connectivity index (χ4n) is 4.19. The summed E-state index contributed by atoms with van der Waals surface area (Å²) < 4.78 is 58.1. The van der Waals surface area contributed by atoms with Crippen molar-refractivity contribution in [3.8, 4) is 0 Å². The van der Waals surface area contributed by atoms with E-state index in [2.05, 4.69) is 20.2 Å². The van der Waals surface area contributed by atoms with Crippen LogP contribution in [0.5, 0.6) is 0 Å². The first-order chi connectivity index (χ1) is 12.7. The van der Waals surface area contributed by atoms with E-state index in [1.807, 2.05) is 0 Å². The van der Waals surface area contributed by atoms with Gasteiger partial charge in [-0.05, 0) is 44.4 Å². The number of hydrogen-bond donors (Lipinski definition) is 2. The van der Waals surface area contributed by atoms with Crippen LogP contribution < -0.4 is 10.0 Å². The van der Waals surface area contributed by atoms with Crippen molar-refractivity contribution in [2.24, 2.45) is 5.92 Å². The first kappa shape index (κ1) is 19.0. The minimum absolute atomic E-state index is 0.172. The monoisotopic (exact) mass is 404 g/mol. The molecule has 27 heavy (non-hydrogen) atoms. The van der Waals surface area contributed by atoms with E-state index in [1.54, 1.807) is 6.92 Å². The lowest BCUT2D eigenvalue weighted by Crippen LogP contribution is -2.47. The van der Waals surface area contributed by atoms with Gasteiger partial charge < -0.3 is 9.84 Å². The van der Waals surface area contributed by atoms with Gasteiger partial charge in [0.1, 0.15) is 0 Å². The molecular formula is C17H26F2N4O3S. The van der Waals surface area contributed by atoms with Crippen molar-refractivity contribution in [1.29, 1.82) is 0 Å². The highest BCUT2D eigenvalue weighted by atomic mass is 32.2. The maximum absolute atomic E-state index is 13.2. The quantitative estimate of drug-likeness (QED) is 0.725. The Bertz CT molecular complexity index is 778. The molecule has 2 N–H and O–H groups in total. The van der Waals surface area contributed by atoms with E-state index in [-0.39, 0.29) is 30.1 Å². The lowest BCUT2D eigenvalue weighted by atomic mass is 9.67. The number of sulfonamides is 1. The van der Waals surface area contributed by atoms with Crippen LogP contribution in [0.25, 0.3) is 0 Å². The summed E-state index contributed by atoms with van der Waals surface area (Å²) in [5, 5.41) is 6.89. The fourth-order valence-corrected chi connectivity index (χ4v) is 5.65. The van der Waals surface area contributed by atoms with Gasteiger partial charge in [0.2, 0.25) is 15.9 Å². The van der Waals surface area contributed by atoms with Gasteiger partial charge in [0.05, 0.1) is 5.25 Å². The Morgan fingerprint density at radius 1 is 1.15 bits per heavy atom. The van der Waals surface area contributed by atoms with E-state index in [0.717, 1.165) is 38.5 Å². The predicted molar refractivity (Wildman–Crippen MR) is 95.1 cm³/mol. The van der Waals surface area contributed by atoms with Gasteiger partial charge in [0, 0.05) is 30.8 Å². The molecule has 0 atom stereocenters. The molecule has 152 valence electrons. The van der Waals surface area contributed by atoms with Crippen LogP contribution in [0.3, 0.4) is 0 Å². The largest absolute Gasteiger partial charge is 0.335 e. The Kier molecular flexibility index (Phi) is 4.69. The van der Waals surface area contributed by atoms with Crippen molar-refractivity contribution >= 4 is 16.0 Å². The molecule has 0 amide bonds. The first-order valence-corrected chi connectivity index (χ1v) is 11.2. The molecule has 0 spiro atoms. The van der Waals surface area contributed by atoms with Crippen LogP contribution in [0.1, 0.15) is 64.1 Å². The van der Waals surface area contributed by atoms with Crippen molar-refractivity contribution in [1.82, 2.24) is 14.9 Å². The molecule has 10 heteroatoms. The molecule has 7 nitrogen and oxygen atoms in total. The molecule has 0 unspecified atom stereocenters. The highest BCUT2D eigenvalue weighted by Gasteiger charge is 2.57. The molecule has 3 aliphatic rings. The molecule has 1 aromatic heterocycles. The van der Waals surface area contributed by atoms with Crippen molar-refractivity contribution in [3.05, 3.63) is 5.82 Å². The Hall–Kier alpha value is -1.29. The lowest BCUT2D eigenvalue weighted by Gasteiger charge is -2.42. The summed E-state index contributed by atoms with van der Waals surface area (Å²) >= 11 is 0. The molecule has 0 bridgehead atoms. The number of alkyl halides is 2. The van der Waals surface area contributed by atoms with Crippen molar-refractivity contribution in [2.75, 3.05) is 11.9 Å². The molecule has 4 rings (SSSR count). The second kappa shape index (κ2) is 6.65. The van der Waals surface area contributed by atoms with Gasteiger partial charge in [-0.3, -0.25) is 0 Å². The van der Waals surface area contributed by atoms with Gasteiger partial charge in [0.15, 0.2) is 5.82 Å². The van der Waals surface area contributed by atoms with E-state index < -0.39 is 21.4 Å². The number of hydrogen-bond acceptors (Lipinski definition) is 6. The third-order valence-electron chi connectivity index (χ3n) is 5.97. The van der Waals surface area contributed by atoms with E-state index in [4.69, 9.17) is 4.52 Å². The zero-order valence-corrected chi connectivity index (χ0v) is 16.2. The van der Waals surface area contributed by atoms with Crippen LogP contribution in [0.2, 0.25) is 0 Å². The number of nitrogens with one attached hydrogen (secondary N) is 2. The molecule has 0 saturated heterocycles. The van der Waals surface area contributed by atoms with E-state index in [0.29, 0.717) is 18.3 Å². The molecule has 3 saturated carbocycles. The number of halogens is 2. The average molecular weight is 404 g/mol. The topological polar surface area (TPSA) is 97.1 Å². The van der Waals surface area contributed by atoms with Crippen LogP contribution >= 0.6 is 0 Å². The molecule has 3 aliphatic carbocycles. The van der Waals surface area contributed by atoms with Gasteiger partial charge in [-0.1, -0.05) is 12.1 Å². The fraction of sp³-hybridized carbons (Fsp3) is 0.882. The Morgan fingerprint density at radius 3 is 2.41 bits per heavy atom. The van der Waals surface area contributed by atoms with Crippen LogP contribution in [0.15, 0.2) is 4.52 Å². The third kappa shape index (κ3) is 4.26. The Balaban J connectivity index is 1.23. The summed E-state index contributed by atoms with van der Waals surface area (Å²) in [5.41, 5.74) is -0.719. The average Bonchev–Trinajstić information content (AvgIpc) is 3.33. The first-order valence-electron chi connectivity index (χ1n) is 9.62. The van der Waals surface area contributed by atoms with Gasteiger partial charge in [-0.15, -0.1) is 0 Å². The lowest BCUT2D eigenvalue weighted by molar-refractivity contribution is -0.123. The van der Waals surface area contributed by atoms with Crippen LogP contribution in [-0.2, 0) is 15.4 Å². The van der Waals surface area contributed by atoms with Gasteiger partial charge >= 0.3 is 6.01 Å². The van der Waals surface area contributed by atoms with Gasteiger partial charge in [0.25, 0.3) is 0 Å². The minimum atomic E-state index is -3.12. The van der Waals surface area contributed by atoms with Crippen LogP contribution in [0.4, 0.5) is 14.8 Å². The van der Waals surface area contributed by atoms with E-state index in [1.165, 1.54) is 0 Å². The molecule has 0 aliphatic heterocycles. The number of aromatic nitrogens is 2. The van der Waals surface area contributed by atoms with Crippen molar-refractivity contribution in [2.45, 2.75) is 80.9 Å². The summed E-state index contributed by atoms with van der Waals surface area (Å²) in [7, 11) is -3.12. The van der Waals surface area contributed by atoms with E-state index >= 15 is 0 Å². The van der Waals surface area contributed by atoms with E-state index in [9.17, 15) is 17.2 Å². The second-order valence-corrected chi connectivity index (χ2v) is 10.7. The zero-order valence-electron chi connectivity index (χ0n) is 15.4. The molecule has 1 aromatic rings. The normalized spacial score (nSPS) is 29.9. The molecule has 0 aromatic carbocycles. The summed E-state index contributed by atoms with van der Waals surface area (Å²) in [6, 6.07) is 0.449. The van der Waals surface area contributed by atoms with Crippen molar-refractivity contribution < 1.29 is 21.7 Å². The van der Waals surface area contributed by atoms with Gasteiger partial charge in [-0.25, -0.2) is 21.9 Å². The number of rotatable bonds is 7. The SMILES string of the molecule is CC1(c2noc(NC3CCC(CNS(=O)(=O)C4CC4)CC3)n2)CC(F)(F)C1. The maximum Gasteiger partial charge on any atom is 0.321 e. The Morgan fingerprint density at radius 2 is 1.81 bits per heavy atom. The summed E-state index contributed by atoms with van der Waals surface area (Å²) in [6.07, 6.45) is 4.63. The van der Waals surface area contributed by atoms with Crippen LogP contribution in [-0.4, -0.2) is 42.3 Å². The van der Waals surface area contributed by atoms with Gasteiger partial charge in [-0.2, -0.15) is 4.98 Å². The standard InChI is InChI=1S/C17H26F2N4O3S/c1-16(9-17(18,19)10-16)14-22-15(26-23-14)21-12-4-2-11(3-5-12)8-20-27(24,25)13-6-7-13/h11-13,20H,2-10H2,1H3,(H,21,22,23). The van der Waals surface area contributed by atoms with Crippen molar-refractivity contribution in [3.63, 3.8) is 0 Å². The molecule has 0 radical (unpaired) electrons. The number of anilines is 1. The molecule has 3 fully saturated rings. The summed E-state index contributed by atoms with van der Waals surface area (Å²) in [4.78, 5) is 4.26. The maximum atomic E-state index is 13.2. The summed E-state index contributed by atoms with van der Waals surface area (Å²) in [5.74, 6) is -1.97. The zero-order chi connectivity index (χ0) is 19.3. The number of nitrogens with zero attached hydrogens (tertiary/aromatic N) is 2. The highest BCUT2D eigenvalue weighted by molar-refractivity contribution is 7.90. The highest BCUT2D eigenvalue weighted by Crippen LogP contribution is 2.52. The predicted octanol–water partition coefficient (Wildman–Crippen LogP) is 2.81. The second-order valence-electron chi connectivity index (χ2n) is 8.65. The molecular weight excluding hydrogens is 378 g/mol. The smallest absolute Gasteiger partial charge is 0.321 e. The minimum Gasteiger partial charge on any atom is -0.335 e. The third-order valence-corrected chi connectivity index (χ3v) is 7.89. The Labute approximate surface area is 157 Å². The molecule has 1 heterocycles.